The molecule has 2 rings (SSSR count). The van der Waals surface area contributed by atoms with Gasteiger partial charge < -0.3 is 14.5 Å². The SMILES string of the molecule is CC(C)c1cc(CN2C[C@@H](O)[C@H](N(C)C)C2)on1. The summed E-state index contributed by atoms with van der Waals surface area (Å²) < 4.78 is 5.33. The minimum absolute atomic E-state index is 0.206. The third-order valence-corrected chi connectivity index (χ3v) is 3.55. The minimum Gasteiger partial charge on any atom is -0.390 e. The van der Waals surface area contributed by atoms with Gasteiger partial charge in [-0.15, -0.1) is 0 Å². The Labute approximate surface area is 108 Å². The Bertz CT molecular complexity index is 389. The molecule has 0 spiro atoms. The van der Waals surface area contributed by atoms with Crippen LogP contribution in [0.25, 0.3) is 0 Å². The molecule has 0 unspecified atom stereocenters. The Kier molecular flexibility index (Phi) is 4.04. The number of likely N-dealkylation sites (tertiary alicyclic amines) is 1. The molecule has 0 saturated carbocycles. The number of likely N-dealkylation sites (N-methyl/N-ethyl adjacent to an activating group) is 1. The van der Waals surface area contributed by atoms with Crippen LogP contribution in [0.4, 0.5) is 0 Å². The van der Waals surface area contributed by atoms with Crippen molar-refractivity contribution in [1.82, 2.24) is 15.0 Å². The Morgan fingerprint density at radius 1 is 1.50 bits per heavy atom. The van der Waals surface area contributed by atoms with Crippen molar-refractivity contribution >= 4 is 0 Å². The number of rotatable bonds is 4. The van der Waals surface area contributed by atoms with Crippen LogP contribution in [0.15, 0.2) is 10.6 Å². The van der Waals surface area contributed by atoms with E-state index in [4.69, 9.17) is 4.52 Å². The highest BCUT2D eigenvalue weighted by atomic mass is 16.5. The van der Waals surface area contributed by atoms with Crippen LogP contribution in [0.1, 0.15) is 31.2 Å². The molecule has 0 aliphatic carbocycles. The molecule has 102 valence electrons. The second-order valence-corrected chi connectivity index (χ2v) is 5.67. The fourth-order valence-electron chi connectivity index (χ4n) is 2.38. The maximum absolute atomic E-state index is 9.97. The van der Waals surface area contributed by atoms with Crippen LogP contribution in [0.5, 0.6) is 0 Å². The minimum atomic E-state index is -0.285. The number of aliphatic hydroxyl groups excluding tert-OH is 1. The second-order valence-electron chi connectivity index (χ2n) is 5.67. The number of aromatic nitrogens is 1. The summed E-state index contributed by atoms with van der Waals surface area (Å²) in [4.78, 5) is 4.28. The smallest absolute Gasteiger partial charge is 0.150 e. The van der Waals surface area contributed by atoms with Gasteiger partial charge in [0.25, 0.3) is 0 Å². The van der Waals surface area contributed by atoms with Gasteiger partial charge in [0.05, 0.1) is 18.3 Å². The van der Waals surface area contributed by atoms with Gasteiger partial charge in [-0.3, -0.25) is 4.90 Å². The summed E-state index contributed by atoms with van der Waals surface area (Å²) in [5, 5.41) is 14.0. The molecule has 2 heterocycles. The van der Waals surface area contributed by atoms with E-state index < -0.39 is 0 Å². The van der Waals surface area contributed by atoms with Crippen LogP contribution in [0.3, 0.4) is 0 Å². The molecule has 18 heavy (non-hydrogen) atoms. The zero-order valence-corrected chi connectivity index (χ0v) is 11.6. The number of β-amino-alcohol motifs (C(OH)–C–C–N with tert-alkyl or cyclic N) is 1. The standard InChI is InChI=1S/C13H23N3O2/c1-9(2)11-5-10(18-14-11)6-16-7-12(15(3)4)13(17)8-16/h5,9,12-13,17H,6-8H2,1-4H3/t12-,13-/m1/s1. The molecular weight excluding hydrogens is 230 g/mol. The predicted octanol–water partition coefficient (Wildman–Crippen LogP) is 0.905. The summed E-state index contributed by atoms with van der Waals surface area (Å²) in [6.45, 7) is 6.49. The van der Waals surface area contributed by atoms with Crippen molar-refractivity contribution in [1.29, 1.82) is 0 Å². The summed E-state index contributed by atoms with van der Waals surface area (Å²) in [5.74, 6) is 1.27. The molecule has 1 N–H and O–H groups in total. The molecule has 2 atom stereocenters. The van der Waals surface area contributed by atoms with Gasteiger partial charge in [0, 0.05) is 25.2 Å². The van der Waals surface area contributed by atoms with Crippen molar-refractivity contribution in [3.63, 3.8) is 0 Å². The molecule has 0 amide bonds. The number of hydrogen-bond donors (Lipinski definition) is 1. The first-order valence-electron chi connectivity index (χ1n) is 6.49. The molecule has 5 nitrogen and oxygen atoms in total. The molecule has 0 bridgehead atoms. The van der Waals surface area contributed by atoms with Crippen molar-refractivity contribution in [3.8, 4) is 0 Å². The van der Waals surface area contributed by atoms with Crippen LogP contribution >= 0.6 is 0 Å². The fourth-order valence-corrected chi connectivity index (χ4v) is 2.38. The van der Waals surface area contributed by atoms with Gasteiger partial charge in [-0.05, 0) is 20.0 Å². The van der Waals surface area contributed by atoms with Gasteiger partial charge in [0.15, 0.2) is 5.76 Å². The summed E-state index contributed by atoms with van der Waals surface area (Å²) in [6.07, 6.45) is -0.285. The van der Waals surface area contributed by atoms with Crippen LogP contribution in [-0.2, 0) is 6.54 Å². The summed E-state index contributed by atoms with van der Waals surface area (Å²) in [5.41, 5.74) is 0.994. The van der Waals surface area contributed by atoms with E-state index >= 15 is 0 Å². The number of nitrogens with zero attached hydrogens (tertiary/aromatic N) is 3. The predicted molar refractivity (Wildman–Crippen MR) is 69.4 cm³/mol. The van der Waals surface area contributed by atoms with Gasteiger partial charge in [-0.25, -0.2) is 0 Å². The molecule has 1 fully saturated rings. The third kappa shape index (κ3) is 2.91. The molecule has 0 radical (unpaired) electrons. The maximum Gasteiger partial charge on any atom is 0.150 e. The Balaban J connectivity index is 1.94. The van der Waals surface area contributed by atoms with E-state index in [0.29, 0.717) is 12.5 Å². The van der Waals surface area contributed by atoms with E-state index in [-0.39, 0.29) is 12.1 Å². The van der Waals surface area contributed by atoms with Gasteiger partial charge in [-0.2, -0.15) is 0 Å². The third-order valence-electron chi connectivity index (χ3n) is 3.55. The van der Waals surface area contributed by atoms with Crippen molar-refractivity contribution in [2.45, 2.75) is 38.5 Å². The Hall–Kier alpha value is -0.910. The zero-order chi connectivity index (χ0) is 13.3. The van der Waals surface area contributed by atoms with Gasteiger partial charge in [0.2, 0.25) is 0 Å². The highest BCUT2D eigenvalue weighted by Gasteiger charge is 2.33. The lowest BCUT2D eigenvalue weighted by Gasteiger charge is -2.21. The maximum atomic E-state index is 9.97. The topological polar surface area (TPSA) is 52.7 Å². The van der Waals surface area contributed by atoms with E-state index in [9.17, 15) is 5.11 Å². The summed E-state index contributed by atoms with van der Waals surface area (Å²) >= 11 is 0. The first-order chi connectivity index (χ1) is 8.47. The van der Waals surface area contributed by atoms with Crippen molar-refractivity contribution in [2.24, 2.45) is 0 Å². The zero-order valence-electron chi connectivity index (χ0n) is 11.6. The largest absolute Gasteiger partial charge is 0.390 e. The number of aliphatic hydroxyl groups is 1. The molecule has 1 aliphatic rings. The average molecular weight is 253 g/mol. The molecule has 0 aromatic carbocycles. The quantitative estimate of drug-likeness (QED) is 0.864. The summed E-state index contributed by atoms with van der Waals surface area (Å²) in [7, 11) is 4.01. The fraction of sp³-hybridized carbons (Fsp3) is 0.769. The van der Waals surface area contributed by atoms with Crippen LogP contribution in [-0.4, -0.2) is 59.4 Å². The highest BCUT2D eigenvalue weighted by Crippen LogP contribution is 2.19. The van der Waals surface area contributed by atoms with E-state index in [0.717, 1.165) is 24.5 Å². The van der Waals surface area contributed by atoms with Crippen molar-refractivity contribution < 1.29 is 9.63 Å². The number of hydrogen-bond acceptors (Lipinski definition) is 5. The first kappa shape index (κ1) is 13.5. The van der Waals surface area contributed by atoms with E-state index in [1.807, 2.05) is 20.2 Å². The molecule has 1 aromatic heterocycles. The van der Waals surface area contributed by atoms with Crippen molar-refractivity contribution in [3.05, 3.63) is 17.5 Å². The van der Waals surface area contributed by atoms with Crippen LogP contribution in [0.2, 0.25) is 0 Å². The van der Waals surface area contributed by atoms with Gasteiger partial charge in [0.1, 0.15) is 0 Å². The molecule has 1 saturated heterocycles. The lowest BCUT2D eigenvalue weighted by atomic mass is 10.1. The Morgan fingerprint density at radius 2 is 2.22 bits per heavy atom. The summed E-state index contributed by atoms with van der Waals surface area (Å²) in [6, 6.07) is 2.22. The Morgan fingerprint density at radius 3 is 2.72 bits per heavy atom. The van der Waals surface area contributed by atoms with Crippen LogP contribution in [0, 0.1) is 0 Å². The lowest BCUT2D eigenvalue weighted by Crippen LogP contribution is -2.37. The van der Waals surface area contributed by atoms with E-state index in [2.05, 4.69) is 28.8 Å². The highest BCUT2D eigenvalue weighted by molar-refractivity contribution is 5.09. The van der Waals surface area contributed by atoms with E-state index in [1.165, 1.54) is 0 Å². The monoisotopic (exact) mass is 253 g/mol. The van der Waals surface area contributed by atoms with E-state index in [1.54, 1.807) is 0 Å². The van der Waals surface area contributed by atoms with Gasteiger partial charge in [-0.1, -0.05) is 19.0 Å². The van der Waals surface area contributed by atoms with Gasteiger partial charge >= 0.3 is 0 Å². The molecular formula is C13H23N3O2. The molecule has 1 aliphatic heterocycles. The second kappa shape index (κ2) is 5.38. The normalized spacial score (nSPS) is 25.5. The van der Waals surface area contributed by atoms with Crippen molar-refractivity contribution in [2.75, 3.05) is 27.2 Å². The molecule has 5 heteroatoms. The van der Waals surface area contributed by atoms with Crippen LogP contribution < -0.4 is 0 Å². The lowest BCUT2D eigenvalue weighted by molar-refractivity contribution is 0.112. The first-order valence-corrected chi connectivity index (χ1v) is 6.49. The average Bonchev–Trinajstić information content (AvgIpc) is 2.86. The molecule has 1 aromatic rings.